The third kappa shape index (κ3) is 0.966. The number of rotatable bonds is 2. The van der Waals surface area contributed by atoms with Crippen molar-refractivity contribution < 1.29 is 14.3 Å². The molecule has 2 atom stereocenters. The number of hydrogen-bond donors (Lipinski definition) is 0. The van der Waals surface area contributed by atoms with Gasteiger partial charge in [0.05, 0.1) is 25.2 Å². The van der Waals surface area contributed by atoms with Crippen molar-refractivity contribution in [2.24, 2.45) is 5.41 Å². The molecule has 3 rings (SSSR count). The first-order valence-corrected chi connectivity index (χ1v) is 4.76. The van der Waals surface area contributed by atoms with Crippen LogP contribution in [0.1, 0.15) is 33.1 Å². The third-order valence-electron chi connectivity index (χ3n) is 3.82. The number of carbonyl (C=O) groups excluding carboxylic acids is 1. The molecule has 2 saturated heterocycles. The number of carbonyl (C=O) groups is 1. The molecule has 0 amide bonds. The zero-order valence-corrected chi connectivity index (χ0v) is 8.42. The second-order valence-electron chi connectivity index (χ2n) is 4.61. The smallest absolute Gasteiger partial charge is 0.308 e. The van der Waals surface area contributed by atoms with Crippen molar-refractivity contribution in [1.82, 2.24) is 0 Å². The van der Waals surface area contributed by atoms with E-state index in [4.69, 9.17) is 4.74 Å². The average Bonchev–Trinajstić information content (AvgIpc) is 2.60. The van der Waals surface area contributed by atoms with Crippen LogP contribution in [-0.4, -0.2) is 24.8 Å². The first-order chi connectivity index (χ1) is 6.02. The molecule has 1 saturated carbocycles. The summed E-state index contributed by atoms with van der Waals surface area (Å²) in [6.07, 6.45) is 2.86. The molecule has 2 unspecified atom stereocenters. The predicted molar refractivity (Wildman–Crippen MR) is 47.3 cm³/mol. The van der Waals surface area contributed by atoms with Crippen molar-refractivity contribution >= 4 is 5.97 Å². The molecule has 0 N–H and O–H groups in total. The lowest BCUT2D eigenvalue weighted by Crippen LogP contribution is -2.60. The lowest BCUT2D eigenvalue weighted by molar-refractivity contribution is -0.262. The summed E-state index contributed by atoms with van der Waals surface area (Å²) in [5.41, 5.74) is -0.0635. The standard InChI is InChI=1S/C10H16O3/c1-9(2)7-4-5-10(9,13-7)6-8(11)12-3/h7H,4-6H2,1-3H3. The second kappa shape index (κ2) is 2.47. The Hall–Kier alpha value is -0.570. The molecule has 0 aromatic carbocycles. The zero-order valence-electron chi connectivity index (χ0n) is 8.42. The monoisotopic (exact) mass is 184 g/mol. The van der Waals surface area contributed by atoms with Crippen LogP contribution >= 0.6 is 0 Å². The van der Waals surface area contributed by atoms with Crippen LogP contribution in [0.5, 0.6) is 0 Å². The minimum Gasteiger partial charge on any atom is -0.469 e. The molecule has 0 radical (unpaired) electrons. The lowest BCUT2D eigenvalue weighted by Gasteiger charge is -2.54. The van der Waals surface area contributed by atoms with Gasteiger partial charge in [0.1, 0.15) is 0 Å². The second-order valence-corrected chi connectivity index (χ2v) is 4.61. The Labute approximate surface area is 78.4 Å². The molecule has 3 fully saturated rings. The van der Waals surface area contributed by atoms with Crippen LogP contribution in [0.4, 0.5) is 0 Å². The summed E-state index contributed by atoms with van der Waals surface area (Å²) in [6, 6.07) is 0. The molecule has 13 heavy (non-hydrogen) atoms. The van der Waals surface area contributed by atoms with Gasteiger partial charge in [0.25, 0.3) is 0 Å². The highest BCUT2D eigenvalue weighted by atomic mass is 16.6. The van der Waals surface area contributed by atoms with Gasteiger partial charge in [-0.2, -0.15) is 0 Å². The zero-order chi connectivity index (χ0) is 9.69. The van der Waals surface area contributed by atoms with Crippen LogP contribution < -0.4 is 0 Å². The van der Waals surface area contributed by atoms with E-state index in [-0.39, 0.29) is 17.0 Å². The molecule has 2 aliphatic heterocycles. The Balaban J connectivity index is 2.10. The molecular formula is C10H16O3. The van der Waals surface area contributed by atoms with Crippen LogP contribution in [0.2, 0.25) is 0 Å². The van der Waals surface area contributed by atoms with Gasteiger partial charge in [-0.1, -0.05) is 13.8 Å². The van der Waals surface area contributed by atoms with E-state index < -0.39 is 0 Å². The van der Waals surface area contributed by atoms with Crippen LogP contribution in [0.3, 0.4) is 0 Å². The normalized spacial score (nSPS) is 39.8. The molecule has 3 nitrogen and oxygen atoms in total. The summed E-state index contributed by atoms with van der Waals surface area (Å²) in [5.74, 6) is -0.159. The van der Waals surface area contributed by atoms with E-state index in [2.05, 4.69) is 18.6 Å². The van der Waals surface area contributed by atoms with Gasteiger partial charge in [0.15, 0.2) is 0 Å². The highest BCUT2D eigenvalue weighted by Crippen LogP contribution is 2.62. The predicted octanol–water partition coefficient (Wildman–Crippen LogP) is 1.51. The van der Waals surface area contributed by atoms with E-state index in [0.717, 1.165) is 12.8 Å². The van der Waals surface area contributed by atoms with Gasteiger partial charge < -0.3 is 9.47 Å². The van der Waals surface area contributed by atoms with Gasteiger partial charge in [-0.25, -0.2) is 0 Å². The molecule has 0 aromatic heterocycles. The van der Waals surface area contributed by atoms with E-state index in [1.807, 2.05) is 0 Å². The molecule has 0 aromatic rings. The summed E-state index contributed by atoms with van der Waals surface area (Å²) in [6.45, 7) is 4.36. The average molecular weight is 184 g/mol. The number of ether oxygens (including phenoxy) is 2. The molecule has 1 aliphatic carbocycles. The van der Waals surface area contributed by atoms with Gasteiger partial charge in [-0.15, -0.1) is 0 Å². The number of hydrogen-bond acceptors (Lipinski definition) is 3. The summed E-state index contributed by atoms with van der Waals surface area (Å²) in [4.78, 5) is 11.2. The Morgan fingerprint density at radius 3 is 2.69 bits per heavy atom. The van der Waals surface area contributed by atoms with Crippen molar-refractivity contribution in [3.05, 3.63) is 0 Å². The largest absolute Gasteiger partial charge is 0.469 e. The van der Waals surface area contributed by atoms with E-state index >= 15 is 0 Å². The fraction of sp³-hybridized carbons (Fsp3) is 0.900. The van der Waals surface area contributed by atoms with Gasteiger partial charge >= 0.3 is 5.97 Å². The number of methoxy groups -OCH3 is 1. The van der Waals surface area contributed by atoms with Gasteiger partial charge in [-0.3, -0.25) is 4.79 Å². The highest BCUT2D eigenvalue weighted by Gasteiger charge is 2.67. The van der Waals surface area contributed by atoms with Crippen molar-refractivity contribution in [1.29, 1.82) is 0 Å². The van der Waals surface area contributed by atoms with Gasteiger partial charge in [0, 0.05) is 5.41 Å². The number of fused-ring (bicyclic) bond motifs is 1. The Morgan fingerprint density at radius 1 is 1.62 bits per heavy atom. The Bertz CT molecular complexity index is 243. The lowest BCUT2D eigenvalue weighted by atomic mass is 9.69. The minimum atomic E-state index is -0.217. The molecular weight excluding hydrogens is 168 g/mol. The maximum absolute atomic E-state index is 11.2. The highest BCUT2D eigenvalue weighted by molar-refractivity contribution is 5.71. The summed E-state index contributed by atoms with van der Waals surface area (Å²) < 4.78 is 10.4. The quantitative estimate of drug-likeness (QED) is 0.610. The first-order valence-electron chi connectivity index (χ1n) is 4.76. The Morgan fingerprint density at radius 2 is 2.31 bits per heavy atom. The van der Waals surface area contributed by atoms with Crippen LogP contribution in [0.25, 0.3) is 0 Å². The molecule has 0 spiro atoms. The van der Waals surface area contributed by atoms with E-state index in [1.165, 1.54) is 7.11 Å². The summed E-state index contributed by atoms with van der Waals surface area (Å²) in [7, 11) is 1.43. The number of esters is 1. The fourth-order valence-electron chi connectivity index (χ4n) is 2.64. The van der Waals surface area contributed by atoms with E-state index in [0.29, 0.717) is 12.5 Å². The van der Waals surface area contributed by atoms with Crippen molar-refractivity contribution in [3.8, 4) is 0 Å². The third-order valence-corrected chi connectivity index (χ3v) is 3.82. The van der Waals surface area contributed by atoms with E-state index in [1.54, 1.807) is 0 Å². The Kier molecular flexibility index (Phi) is 1.71. The molecule has 3 heteroatoms. The van der Waals surface area contributed by atoms with Crippen LogP contribution in [-0.2, 0) is 14.3 Å². The SMILES string of the molecule is COC(=O)CC12CCC(O1)C2(C)C. The summed E-state index contributed by atoms with van der Waals surface area (Å²) in [5, 5.41) is 0. The van der Waals surface area contributed by atoms with Gasteiger partial charge in [-0.05, 0) is 12.8 Å². The van der Waals surface area contributed by atoms with Crippen molar-refractivity contribution in [3.63, 3.8) is 0 Å². The van der Waals surface area contributed by atoms with Gasteiger partial charge in [0.2, 0.25) is 0 Å². The van der Waals surface area contributed by atoms with Crippen LogP contribution in [0, 0.1) is 5.41 Å². The van der Waals surface area contributed by atoms with Crippen molar-refractivity contribution in [2.45, 2.75) is 44.8 Å². The first kappa shape index (κ1) is 9.00. The van der Waals surface area contributed by atoms with E-state index in [9.17, 15) is 4.79 Å². The molecule has 2 bridgehead atoms. The molecule has 2 heterocycles. The molecule has 3 aliphatic rings. The van der Waals surface area contributed by atoms with Crippen LogP contribution in [0.15, 0.2) is 0 Å². The van der Waals surface area contributed by atoms with Crippen molar-refractivity contribution in [2.75, 3.05) is 7.11 Å². The summed E-state index contributed by atoms with van der Waals surface area (Å²) >= 11 is 0. The fourth-order valence-corrected chi connectivity index (χ4v) is 2.64. The maximum atomic E-state index is 11.2. The molecule has 74 valence electrons. The maximum Gasteiger partial charge on any atom is 0.308 e. The topological polar surface area (TPSA) is 35.5 Å². The minimum absolute atomic E-state index is 0.154.